The molecule has 5 heteroatoms. The van der Waals surface area contributed by atoms with E-state index in [1.807, 2.05) is 0 Å². The van der Waals surface area contributed by atoms with Crippen molar-refractivity contribution in [3.63, 3.8) is 0 Å². The fourth-order valence-corrected chi connectivity index (χ4v) is 1.84. The lowest BCUT2D eigenvalue weighted by Crippen LogP contribution is -2.24. The van der Waals surface area contributed by atoms with Crippen molar-refractivity contribution >= 4 is 0 Å². The van der Waals surface area contributed by atoms with E-state index < -0.39 is 0 Å². The second kappa shape index (κ2) is 3.96. The fourth-order valence-electron chi connectivity index (χ4n) is 1.84. The zero-order valence-corrected chi connectivity index (χ0v) is 8.44. The van der Waals surface area contributed by atoms with Crippen molar-refractivity contribution in [2.75, 3.05) is 13.1 Å². The third-order valence-electron chi connectivity index (χ3n) is 2.80. The molecule has 1 N–H and O–H groups in total. The van der Waals surface area contributed by atoms with Crippen LogP contribution in [-0.4, -0.2) is 27.4 Å². The van der Waals surface area contributed by atoms with Crippen LogP contribution in [0.25, 0.3) is 0 Å². The van der Waals surface area contributed by atoms with Gasteiger partial charge in [0.1, 0.15) is 6.33 Å². The second-order valence-electron chi connectivity index (χ2n) is 3.90. The lowest BCUT2D eigenvalue weighted by atomic mass is 10.1. The molecular weight excluding hydrogens is 180 g/mol. The smallest absolute Gasteiger partial charge is 0.316 e. The van der Waals surface area contributed by atoms with Gasteiger partial charge in [0.05, 0.1) is 0 Å². The van der Waals surface area contributed by atoms with Gasteiger partial charge in [0.25, 0.3) is 0 Å². The third-order valence-corrected chi connectivity index (χ3v) is 2.80. The summed E-state index contributed by atoms with van der Waals surface area (Å²) in [5.74, 6) is 0.712. The van der Waals surface area contributed by atoms with E-state index in [1.54, 1.807) is 18.1 Å². The first-order valence-corrected chi connectivity index (χ1v) is 5.06. The van der Waals surface area contributed by atoms with Gasteiger partial charge < -0.3 is 5.32 Å². The molecule has 1 atom stereocenters. The summed E-state index contributed by atoms with van der Waals surface area (Å²) in [6.07, 6.45) is 3.83. The lowest BCUT2D eigenvalue weighted by Gasteiger charge is -2.06. The first-order chi connectivity index (χ1) is 6.77. The summed E-state index contributed by atoms with van der Waals surface area (Å²) in [6.45, 7) is 2.94. The summed E-state index contributed by atoms with van der Waals surface area (Å²) >= 11 is 0. The summed E-state index contributed by atoms with van der Waals surface area (Å²) in [5.41, 5.74) is -0.0176. The van der Waals surface area contributed by atoms with Crippen LogP contribution >= 0.6 is 0 Å². The molecule has 0 aromatic carbocycles. The predicted molar refractivity (Wildman–Crippen MR) is 53.1 cm³/mol. The van der Waals surface area contributed by atoms with Crippen molar-refractivity contribution in [1.82, 2.24) is 19.7 Å². The summed E-state index contributed by atoms with van der Waals surface area (Å²) in [4.78, 5) is 11.4. The molecular formula is C9H16N4O. The maximum atomic E-state index is 11.4. The molecule has 5 nitrogen and oxygen atoms in total. The Bertz CT molecular complexity index is 348. The number of nitrogens with one attached hydrogen (secondary N) is 1. The van der Waals surface area contributed by atoms with Crippen LogP contribution in [0.1, 0.15) is 12.8 Å². The summed E-state index contributed by atoms with van der Waals surface area (Å²) < 4.78 is 3.05. The minimum Gasteiger partial charge on any atom is -0.316 e. The molecule has 1 saturated heterocycles. The van der Waals surface area contributed by atoms with E-state index in [2.05, 4.69) is 10.4 Å². The molecule has 1 aliphatic heterocycles. The molecule has 1 aromatic heterocycles. The Morgan fingerprint density at radius 1 is 1.71 bits per heavy atom. The van der Waals surface area contributed by atoms with Crippen molar-refractivity contribution in [1.29, 1.82) is 0 Å². The molecule has 2 heterocycles. The zero-order chi connectivity index (χ0) is 9.97. The Balaban J connectivity index is 1.91. The van der Waals surface area contributed by atoms with Gasteiger partial charge in [-0.3, -0.25) is 4.57 Å². The predicted octanol–water partition coefficient (Wildman–Crippen LogP) is -0.419. The van der Waals surface area contributed by atoms with Gasteiger partial charge in [-0.1, -0.05) is 0 Å². The van der Waals surface area contributed by atoms with Crippen LogP contribution in [0.15, 0.2) is 11.1 Å². The van der Waals surface area contributed by atoms with Gasteiger partial charge in [0.2, 0.25) is 0 Å². The Kier molecular flexibility index (Phi) is 2.67. The van der Waals surface area contributed by atoms with Crippen LogP contribution in [0.4, 0.5) is 0 Å². The van der Waals surface area contributed by atoms with Crippen molar-refractivity contribution in [2.24, 2.45) is 13.0 Å². The molecule has 0 saturated carbocycles. The van der Waals surface area contributed by atoms with Crippen LogP contribution < -0.4 is 11.0 Å². The molecule has 1 fully saturated rings. The monoisotopic (exact) mass is 196 g/mol. The number of rotatable bonds is 3. The Morgan fingerprint density at radius 2 is 2.57 bits per heavy atom. The van der Waals surface area contributed by atoms with Gasteiger partial charge in [0, 0.05) is 13.6 Å². The Labute approximate surface area is 82.7 Å². The number of nitrogens with zero attached hydrogens (tertiary/aromatic N) is 3. The average molecular weight is 196 g/mol. The van der Waals surface area contributed by atoms with E-state index in [-0.39, 0.29) is 5.69 Å². The highest BCUT2D eigenvalue weighted by Crippen LogP contribution is 2.12. The minimum absolute atomic E-state index is 0.0176. The van der Waals surface area contributed by atoms with Crippen LogP contribution in [0, 0.1) is 5.92 Å². The molecule has 2 rings (SSSR count). The molecule has 1 aromatic rings. The van der Waals surface area contributed by atoms with Crippen LogP contribution in [0.5, 0.6) is 0 Å². The van der Waals surface area contributed by atoms with Gasteiger partial charge in [-0.05, 0) is 31.8 Å². The normalized spacial score (nSPS) is 21.6. The Hall–Kier alpha value is -1.10. The van der Waals surface area contributed by atoms with Crippen molar-refractivity contribution in [3.05, 3.63) is 16.8 Å². The van der Waals surface area contributed by atoms with E-state index in [0.717, 1.165) is 26.1 Å². The number of hydrogen-bond donors (Lipinski definition) is 1. The van der Waals surface area contributed by atoms with Gasteiger partial charge in [-0.2, -0.15) is 5.10 Å². The molecule has 0 aliphatic carbocycles. The summed E-state index contributed by atoms with van der Waals surface area (Å²) in [7, 11) is 1.73. The maximum Gasteiger partial charge on any atom is 0.345 e. The summed E-state index contributed by atoms with van der Waals surface area (Å²) in [5, 5.41) is 7.34. The molecule has 1 unspecified atom stereocenters. The van der Waals surface area contributed by atoms with Gasteiger partial charge in [-0.25, -0.2) is 9.48 Å². The van der Waals surface area contributed by atoms with Gasteiger partial charge in [-0.15, -0.1) is 0 Å². The van der Waals surface area contributed by atoms with Crippen molar-refractivity contribution < 1.29 is 0 Å². The van der Waals surface area contributed by atoms with Crippen LogP contribution in [-0.2, 0) is 13.6 Å². The molecule has 14 heavy (non-hydrogen) atoms. The number of aromatic nitrogens is 3. The van der Waals surface area contributed by atoms with E-state index >= 15 is 0 Å². The van der Waals surface area contributed by atoms with Crippen LogP contribution in [0.2, 0.25) is 0 Å². The largest absolute Gasteiger partial charge is 0.345 e. The molecule has 1 aliphatic rings. The quantitative estimate of drug-likeness (QED) is 0.714. The first kappa shape index (κ1) is 9.45. The average Bonchev–Trinajstić information content (AvgIpc) is 2.77. The van der Waals surface area contributed by atoms with E-state index in [4.69, 9.17) is 0 Å². The molecule has 0 bridgehead atoms. The highest BCUT2D eigenvalue weighted by atomic mass is 16.2. The van der Waals surface area contributed by atoms with Gasteiger partial charge >= 0.3 is 5.69 Å². The van der Waals surface area contributed by atoms with E-state index in [1.165, 1.54) is 11.0 Å². The SMILES string of the molecule is Cn1cnn(CCC2CCNC2)c1=O. The van der Waals surface area contributed by atoms with Crippen LogP contribution in [0.3, 0.4) is 0 Å². The van der Waals surface area contributed by atoms with Crippen molar-refractivity contribution in [3.8, 4) is 0 Å². The van der Waals surface area contributed by atoms with E-state index in [9.17, 15) is 4.79 Å². The number of hydrogen-bond acceptors (Lipinski definition) is 3. The molecule has 0 radical (unpaired) electrons. The molecule has 0 spiro atoms. The van der Waals surface area contributed by atoms with Crippen molar-refractivity contribution in [2.45, 2.75) is 19.4 Å². The highest BCUT2D eigenvalue weighted by molar-refractivity contribution is 4.72. The second-order valence-corrected chi connectivity index (χ2v) is 3.90. The third kappa shape index (κ3) is 1.87. The van der Waals surface area contributed by atoms with Gasteiger partial charge in [0.15, 0.2) is 0 Å². The maximum absolute atomic E-state index is 11.4. The highest BCUT2D eigenvalue weighted by Gasteiger charge is 2.14. The zero-order valence-electron chi connectivity index (χ0n) is 8.44. The number of aryl methyl sites for hydroxylation is 2. The summed E-state index contributed by atoms with van der Waals surface area (Å²) in [6, 6.07) is 0. The Morgan fingerprint density at radius 3 is 3.14 bits per heavy atom. The molecule has 0 amide bonds. The topological polar surface area (TPSA) is 51.9 Å². The lowest BCUT2D eigenvalue weighted by molar-refractivity contribution is 0.449. The molecule has 78 valence electrons. The van der Waals surface area contributed by atoms with E-state index in [0.29, 0.717) is 5.92 Å². The minimum atomic E-state index is -0.0176. The fraction of sp³-hybridized carbons (Fsp3) is 0.778. The first-order valence-electron chi connectivity index (χ1n) is 5.06. The standard InChI is InChI=1S/C9H16N4O/c1-12-7-11-13(9(12)14)5-3-8-2-4-10-6-8/h7-8,10H,2-6H2,1H3.